The molecule has 6 N–H and O–H groups in total. The Balaban J connectivity index is 1.49. The van der Waals surface area contributed by atoms with Gasteiger partial charge in [0.2, 0.25) is 5.91 Å². The summed E-state index contributed by atoms with van der Waals surface area (Å²) in [5.74, 6) is -0.751. The van der Waals surface area contributed by atoms with Gasteiger partial charge in [-0.1, -0.05) is 13.8 Å². The number of nitrogens with zero attached hydrogens (tertiary/aromatic N) is 1. The molecule has 0 spiro atoms. The summed E-state index contributed by atoms with van der Waals surface area (Å²) in [6.07, 6.45) is 3.60. The van der Waals surface area contributed by atoms with Crippen LogP contribution in [0.3, 0.4) is 0 Å². The second-order valence-electron chi connectivity index (χ2n) is 12.4. The molecule has 5 heterocycles. The van der Waals surface area contributed by atoms with Gasteiger partial charge in [-0.25, -0.2) is 0 Å². The van der Waals surface area contributed by atoms with Crippen molar-refractivity contribution >= 4 is 41.2 Å². The lowest BCUT2D eigenvalue weighted by Crippen LogP contribution is -2.33. The van der Waals surface area contributed by atoms with E-state index >= 15 is 0 Å². The first-order chi connectivity index (χ1) is 21.4. The number of aliphatic hydroxyl groups is 1. The molecule has 0 aliphatic carbocycles. The van der Waals surface area contributed by atoms with Crippen LogP contribution >= 0.6 is 11.8 Å². The Bertz CT molecular complexity index is 1550. The van der Waals surface area contributed by atoms with Crippen LogP contribution in [0, 0.1) is 18.8 Å². The van der Waals surface area contributed by atoms with Crippen LogP contribution in [0.4, 0.5) is 0 Å². The first-order valence-corrected chi connectivity index (χ1v) is 16.7. The molecule has 5 atom stereocenters. The number of aliphatic carboxylic acids is 2. The smallest absolute Gasteiger partial charge is 0.303 e. The zero-order valence-corrected chi connectivity index (χ0v) is 27.0. The number of carbonyl (C=O) groups is 4. The SMILES string of the molecule is CCC1=C(C)/C(=C/C2=NC(Cc3[nH]c(CC4NC(=O)[C@H](C)[C@H]4[C@H]4CS4)c(C)c3CCC(=O)O)C(CCC(=O)O)=C2CO)NC1=O. The number of carboxylic acids is 2. The van der Waals surface area contributed by atoms with Crippen molar-refractivity contribution in [3.05, 3.63) is 56.6 Å². The fraction of sp³-hybridized carbons (Fsp3) is 0.545. The first-order valence-electron chi connectivity index (χ1n) is 15.6. The minimum atomic E-state index is -0.962. The number of rotatable bonds is 14. The Labute approximate surface area is 266 Å². The summed E-state index contributed by atoms with van der Waals surface area (Å²) in [6.45, 7) is 7.39. The predicted molar refractivity (Wildman–Crippen MR) is 171 cm³/mol. The number of hydrogen-bond donors (Lipinski definition) is 6. The van der Waals surface area contributed by atoms with Crippen LogP contribution in [0.5, 0.6) is 0 Å². The number of carbonyl (C=O) groups excluding carboxylic acids is 2. The van der Waals surface area contributed by atoms with Gasteiger partial charge in [-0.05, 0) is 61.5 Å². The van der Waals surface area contributed by atoms with Crippen LogP contribution in [-0.2, 0) is 38.4 Å². The second kappa shape index (κ2) is 13.4. The van der Waals surface area contributed by atoms with E-state index in [1.54, 1.807) is 6.08 Å². The first kappa shape index (κ1) is 32.7. The third kappa shape index (κ3) is 6.81. The summed E-state index contributed by atoms with van der Waals surface area (Å²) in [5, 5.41) is 36.0. The van der Waals surface area contributed by atoms with Gasteiger partial charge in [-0.2, -0.15) is 11.8 Å². The van der Waals surface area contributed by atoms with E-state index in [1.807, 2.05) is 39.5 Å². The number of aliphatic imine (C=N–C) groups is 1. The molecule has 0 bridgehead atoms. The zero-order chi connectivity index (χ0) is 32.6. The molecular formula is C33H42N4O7S. The van der Waals surface area contributed by atoms with Crippen molar-refractivity contribution < 1.29 is 34.5 Å². The average molecular weight is 639 g/mol. The molecule has 1 aromatic heterocycles. The Morgan fingerprint density at radius 3 is 2.33 bits per heavy atom. The van der Waals surface area contributed by atoms with Crippen LogP contribution in [0.2, 0.25) is 0 Å². The molecular weight excluding hydrogens is 596 g/mol. The largest absolute Gasteiger partial charge is 0.481 e. The maximum Gasteiger partial charge on any atom is 0.303 e. The minimum absolute atomic E-state index is 0.0225. The van der Waals surface area contributed by atoms with Gasteiger partial charge in [-0.15, -0.1) is 0 Å². The molecule has 0 saturated carbocycles. The van der Waals surface area contributed by atoms with Crippen LogP contribution in [0.1, 0.15) is 69.0 Å². The van der Waals surface area contributed by atoms with Gasteiger partial charge in [0.1, 0.15) is 0 Å². The summed E-state index contributed by atoms with van der Waals surface area (Å²) >= 11 is 1.87. The maximum atomic E-state index is 12.6. The van der Waals surface area contributed by atoms with E-state index < -0.39 is 18.0 Å². The van der Waals surface area contributed by atoms with E-state index in [0.717, 1.165) is 33.8 Å². The quantitative estimate of drug-likeness (QED) is 0.168. The normalized spacial score (nSPS) is 27.0. The minimum Gasteiger partial charge on any atom is -0.481 e. The van der Waals surface area contributed by atoms with Gasteiger partial charge >= 0.3 is 11.9 Å². The lowest BCUT2D eigenvalue weighted by atomic mass is 9.86. The fourth-order valence-corrected chi connectivity index (χ4v) is 8.14. The Morgan fingerprint density at radius 2 is 1.73 bits per heavy atom. The van der Waals surface area contributed by atoms with E-state index in [9.17, 15) is 34.5 Å². The number of aromatic amines is 1. The lowest BCUT2D eigenvalue weighted by Gasteiger charge is -2.20. The number of carboxylic acid groups (broad SMARTS) is 2. The van der Waals surface area contributed by atoms with Crippen molar-refractivity contribution in [1.29, 1.82) is 0 Å². The molecule has 12 heteroatoms. The Morgan fingerprint density at radius 1 is 1.04 bits per heavy atom. The monoisotopic (exact) mass is 638 g/mol. The molecule has 2 amide bonds. The van der Waals surface area contributed by atoms with Crippen molar-refractivity contribution in [3.63, 3.8) is 0 Å². The zero-order valence-electron chi connectivity index (χ0n) is 26.2. The van der Waals surface area contributed by atoms with Gasteiger partial charge in [0.25, 0.3) is 5.91 Å². The van der Waals surface area contributed by atoms with Crippen molar-refractivity contribution in [2.45, 2.75) is 90.0 Å². The van der Waals surface area contributed by atoms with Crippen LogP contribution < -0.4 is 10.6 Å². The van der Waals surface area contributed by atoms with Crippen molar-refractivity contribution in [3.8, 4) is 0 Å². The summed E-state index contributed by atoms with van der Waals surface area (Å²) in [7, 11) is 0. The van der Waals surface area contributed by atoms with Gasteiger partial charge in [0.15, 0.2) is 0 Å². The average Bonchev–Trinajstić information content (AvgIpc) is 3.53. The standard InChI is InChI=1S/C33H42N4O7S/c1-5-18-15(2)23(36-33(18)44)10-26-21(13-38)20(7-9-30(41)42)25(35-26)12-24-19(6-8-29(39)40)16(3)22(34-24)11-27-31(28-14-45-28)17(4)32(43)37-27/h10,17,25,27-28,31,34,38H,5-9,11-14H2,1-4H3,(H,36,44)(H,37,43)(H,39,40)(H,41,42)/b23-10-/t17-,25?,27?,28-,31-/m1/s1. The summed E-state index contributed by atoms with van der Waals surface area (Å²) in [4.78, 5) is 56.8. The van der Waals surface area contributed by atoms with E-state index in [-0.39, 0.29) is 55.6 Å². The summed E-state index contributed by atoms with van der Waals surface area (Å²) in [6, 6.07) is -0.507. The van der Waals surface area contributed by atoms with Crippen LogP contribution in [-0.4, -0.2) is 79.5 Å². The van der Waals surface area contributed by atoms with E-state index in [1.165, 1.54) is 0 Å². The molecule has 2 fully saturated rings. The second-order valence-corrected chi connectivity index (χ2v) is 13.7. The number of aromatic nitrogens is 1. The number of amides is 2. The number of hydrogen-bond acceptors (Lipinski definition) is 7. The van der Waals surface area contributed by atoms with Crippen LogP contribution in [0.25, 0.3) is 0 Å². The number of H-pyrrole nitrogens is 1. The third-order valence-electron chi connectivity index (χ3n) is 9.73. The number of nitrogens with one attached hydrogen (secondary N) is 3. The van der Waals surface area contributed by atoms with Crippen molar-refractivity contribution in [2.75, 3.05) is 12.4 Å². The Kier molecular flexibility index (Phi) is 9.74. The number of aliphatic hydroxyl groups excluding tert-OH is 1. The van der Waals surface area contributed by atoms with Gasteiger partial charge in [0, 0.05) is 82.8 Å². The van der Waals surface area contributed by atoms with Gasteiger partial charge < -0.3 is 30.9 Å². The third-order valence-corrected chi connectivity index (χ3v) is 10.8. The number of allylic oxidation sites excluding steroid dienone is 2. The molecule has 2 unspecified atom stereocenters. The van der Waals surface area contributed by atoms with E-state index in [2.05, 4.69) is 15.6 Å². The Hall–Kier alpha value is -3.64. The number of thioether (sulfide) groups is 1. The highest BCUT2D eigenvalue weighted by Crippen LogP contribution is 2.45. The fourth-order valence-electron chi connectivity index (χ4n) is 7.16. The van der Waals surface area contributed by atoms with Gasteiger partial charge in [-0.3, -0.25) is 24.2 Å². The molecule has 242 valence electrons. The molecule has 45 heavy (non-hydrogen) atoms. The molecule has 4 aliphatic rings. The summed E-state index contributed by atoms with van der Waals surface area (Å²) in [5.41, 5.74) is 7.49. The van der Waals surface area contributed by atoms with E-state index in [4.69, 9.17) is 4.99 Å². The van der Waals surface area contributed by atoms with Crippen LogP contribution in [0.15, 0.2) is 39.1 Å². The topological polar surface area (TPSA) is 181 Å². The lowest BCUT2D eigenvalue weighted by molar-refractivity contribution is -0.138. The van der Waals surface area contributed by atoms with Gasteiger partial charge in [0.05, 0.1) is 18.4 Å². The van der Waals surface area contributed by atoms with Crippen molar-refractivity contribution in [2.24, 2.45) is 16.8 Å². The molecule has 4 aliphatic heterocycles. The maximum absolute atomic E-state index is 12.6. The van der Waals surface area contributed by atoms with Crippen molar-refractivity contribution in [1.82, 2.24) is 15.6 Å². The molecule has 0 radical (unpaired) electrons. The highest BCUT2D eigenvalue weighted by atomic mass is 32.2. The summed E-state index contributed by atoms with van der Waals surface area (Å²) < 4.78 is 0. The highest BCUT2D eigenvalue weighted by Gasteiger charge is 2.48. The highest BCUT2D eigenvalue weighted by molar-refractivity contribution is 8.06. The molecule has 1 aromatic rings. The molecule has 0 aromatic carbocycles. The van der Waals surface area contributed by atoms with E-state index in [0.29, 0.717) is 59.1 Å². The molecule has 2 saturated heterocycles. The predicted octanol–water partition coefficient (Wildman–Crippen LogP) is 3.01. The molecule has 5 rings (SSSR count). The molecule has 11 nitrogen and oxygen atoms in total.